The second kappa shape index (κ2) is 4.40. The third-order valence-electron chi connectivity index (χ3n) is 2.73. The van der Waals surface area contributed by atoms with Gasteiger partial charge in [-0.15, -0.1) is 5.10 Å². The molecule has 2 heterocycles. The number of carboxylic acid groups (broad SMARTS) is 1. The molecule has 0 radical (unpaired) electrons. The minimum atomic E-state index is -1.05. The van der Waals surface area contributed by atoms with Gasteiger partial charge in [0.2, 0.25) is 0 Å². The molecule has 2 aromatic heterocycles. The van der Waals surface area contributed by atoms with Gasteiger partial charge < -0.3 is 9.67 Å². The highest BCUT2D eigenvalue weighted by molar-refractivity contribution is 5.84. The van der Waals surface area contributed by atoms with E-state index in [4.69, 9.17) is 5.11 Å². The van der Waals surface area contributed by atoms with Crippen LogP contribution in [-0.2, 0) is 13.1 Å². The molecule has 0 amide bonds. The van der Waals surface area contributed by atoms with Gasteiger partial charge in [-0.1, -0.05) is 5.21 Å². The Balaban J connectivity index is 2.05. The van der Waals surface area contributed by atoms with Crippen molar-refractivity contribution in [3.8, 4) is 0 Å². The van der Waals surface area contributed by atoms with E-state index >= 15 is 0 Å². The van der Waals surface area contributed by atoms with Crippen LogP contribution in [0.2, 0.25) is 0 Å². The number of nitrogens with zero attached hydrogens (tertiary/aromatic N) is 4. The van der Waals surface area contributed by atoms with Crippen LogP contribution in [0.25, 0.3) is 0 Å². The van der Waals surface area contributed by atoms with Gasteiger partial charge in [0.1, 0.15) is 0 Å². The maximum Gasteiger partial charge on any atom is 0.358 e. The Hall–Kier alpha value is -2.11. The van der Waals surface area contributed by atoms with Crippen molar-refractivity contribution in [3.05, 3.63) is 35.4 Å². The van der Waals surface area contributed by atoms with Crippen molar-refractivity contribution in [3.63, 3.8) is 0 Å². The van der Waals surface area contributed by atoms with Gasteiger partial charge in [0.15, 0.2) is 5.69 Å². The van der Waals surface area contributed by atoms with Crippen LogP contribution in [0, 0.1) is 13.8 Å². The third-order valence-corrected chi connectivity index (χ3v) is 2.73. The molecule has 0 aliphatic carbocycles. The fourth-order valence-corrected chi connectivity index (χ4v) is 1.76. The first-order chi connectivity index (χ1) is 8.08. The van der Waals surface area contributed by atoms with Gasteiger partial charge >= 0.3 is 5.97 Å². The van der Waals surface area contributed by atoms with Gasteiger partial charge in [0, 0.05) is 17.9 Å². The number of rotatable bonds is 4. The Labute approximate surface area is 98.5 Å². The molecule has 6 heteroatoms. The van der Waals surface area contributed by atoms with Gasteiger partial charge in [-0.3, -0.25) is 0 Å². The minimum Gasteiger partial charge on any atom is -0.476 e. The maximum atomic E-state index is 10.6. The Morgan fingerprint density at radius 3 is 2.47 bits per heavy atom. The first-order valence-corrected chi connectivity index (χ1v) is 5.34. The Bertz CT molecular complexity index is 522. The second-order valence-electron chi connectivity index (χ2n) is 3.94. The van der Waals surface area contributed by atoms with E-state index in [0.717, 1.165) is 6.54 Å². The number of aryl methyl sites for hydroxylation is 3. The van der Waals surface area contributed by atoms with Gasteiger partial charge in [0.05, 0.1) is 12.7 Å². The van der Waals surface area contributed by atoms with Crippen molar-refractivity contribution >= 4 is 5.97 Å². The summed E-state index contributed by atoms with van der Waals surface area (Å²) in [6, 6.07) is 4.11. The number of aromatic carboxylic acids is 1. The molecule has 17 heavy (non-hydrogen) atoms. The number of hydrogen-bond donors (Lipinski definition) is 1. The van der Waals surface area contributed by atoms with Crippen molar-refractivity contribution in [1.82, 2.24) is 19.6 Å². The van der Waals surface area contributed by atoms with Crippen LogP contribution in [0.5, 0.6) is 0 Å². The van der Waals surface area contributed by atoms with Gasteiger partial charge in [0.25, 0.3) is 0 Å². The Morgan fingerprint density at radius 2 is 1.94 bits per heavy atom. The van der Waals surface area contributed by atoms with E-state index in [1.807, 2.05) is 13.8 Å². The molecule has 0 aliphatic rings. The summed E-state index contributed by atoms with van der Waals surface area (Å²) in [5.41, 5.74) is 2.34. The molecule has 90 valence electrons. The van der Waals surface area contributed by atoms with Crippen molar-refractivity contribution in [2.75, 3.05) is 0 Å². The van der Waals surface area contributed by atoms with Crippen molar-refractivity contribution < 1.29 is 9.90 Å². The highest BCUT2D eigenvalue weighted by atomic mass is 16.4. The lowest BCUT2D eigenvalue weighted by molar-refractivity contribution is 0.0690. The van der Waals surface area contributed by atoms with E-state index in [0.29, 0.717) is 6.54 Å². The molecule has 0 bridgehead atoms. The highest BCUT2D eigenvalue weighted by Crippen LogP contribution is 2.07. The summed E-state index contributed by atoms with van der Waals surface area (Å²) in [4.78, 5) is 10.6. The quantitative estimate of drug-likeness (QED) is 0.859. The van der Waals surface area contributed by atoms with Crippen LogP contribution in [0.4, 0.5) is 0 Å². The molecule has 2 aromatic rings. The summed E-state index contributed by atoms with van der Waals surface area (Å²) in [6.07, 6.45) is 1.44. The smallest absolute Gasteiger partial charge is 0.358 e. The summed E-state index contributed by atoms with van der Waals surface area (Å²) in [6.45, 7) is 5.44. The number of aromatic nitrogens is 4. The van der Waals surface area contributed by atoms with Crippen LogP contribution >= 0.6 is 0 Å². The molecular formula is C11H14N4O2. The van der Waals surface area contributed by atoms with E-state index < -0.39 is 5.97 Å². The zero-order valence-electron chi connectivity index (χ0n) is 9.79. The highest BCUT2D eigenvalue weighted by Gasteiger charge is 2.08. The van der Waals surface area contributed by atoms with Crippen molar-refractivity contribution in [1.29, 1.82) is 0 Å². The van der Waals surface area contributed by atoms with E-state index in [1.54, 1.807) is 4.68 Å². The molecule has 0 saturated heterocycles. The third kappa shape index (κ3) is 2.35. The lowest BCUT2D eigenvalue weighted by atomic mass is 10.4. The minimum absolute atomic E-state index is 0.0223. The SMILES string of the molecule is Cc1ccc(C)n1CCn1cc(C(=O)O)nn1. The van der Waals surface area contributed by atoms with Crippen molar-refractivity contribution in [2.45, 2.75) is 26.9 Å². The fraction of sp³-hybridized carbons (Fsp3) is 0.364. The lowest BCUT2D eigenvalue weighted by Crippen LogP contribution is -2.10. The van der Waals surface area contributed by atoms with Crippen LogP contribution < -0.4 is 0 Å². The molecule has 0 unspecified atom stereocenters. The summed E-state index contributed by atoms with van der Waals surface area (Å²) in [5, 5.41) is 16.1. The average molecular weight is 234 g/mol. The number of hydrogen-bond acceptors (Lipinski definition) is 3. The fourth-order valence-electron chi connectivity index (χ4n) is 1.76. The Morgan fingerprint density at radius 1 is 1.29 bits per heavy atom. The topological polar surface area (TPSA) is 72.9 Å². The summed E-state index contributed by atoms with van der Waals surface area (Å²) >= 11 is 0. The maximum absolute atomic E-state index is 10.6. The van der Waals surface area contributed by atoms with Gasteiger partial charge in [-0.25, -0.2) is 9.48 Å². The predicted molar refractivity (Wildman–Crippen MR) is 60.9 cm³/mol. The molecule has 1 N–H and O–H groups in total. The molecule has 0 aromatic carbocycles. The van der Waals surface area contributed by atoms with E-state index in [1.165, 1.54) is 17.6 Å². The molecule has 6 nitrogen and oxygen atoms in total. The van der Waals surface area contributed by atoms with Gasteiger partial charge in [-0.2, -0.15) is 0 Å². The zero-order valence-corrected chi connectivity index (χ0v) is 9.79. The van der Waals surface area contributed by atoms with E-state index in [2.05, 4.69) is 27.0 Å². The normalized spacial score (nSPS) is 10.7. The van der Waals surface area contributed by atoms with E-state index in [9.17, 15) is 4.79 Å². The van der Waals surface area contributed by atoms with Crippen LogP contribution in [0.15, 0.2) is 18.3 Å². The zero-order chi connectivity index (χ0) is 12.4. The standard InChI is InChI=1S/C11H14N4O2/c1-8-3-4-9(2)15(8)6-5-14-7-10(11(16)17)12-13-14/h3-4,7H,5-6H2,1-2H3,(H,16,17). The summed E-state index contributed by atoms with van der Waals surface area (Å²) in [5.74, 6) is -1.05. The molecule has 2 rings (SSSR count). The van der Waals surface area contributed by atoms with Gasteiger partial charge in [-0.05, 0) is 26.0 Å². The van der Waals surface area contributed by atoms with Crippen LogP contribution in [0.1, 0.15) is 21.9 Å². The molecule has 0 fully saturated rings. The average Bonchev–Trinajstić information content (AvgIpc) is 2.85. The molecule has 0 saturated carbocycles. The first-order valence-electron chi connectivity index (χ1n) is 5.34. The summed E-state index contributed by atoms with van der Waals surface area (Å²) < 4.78 is 3.70. The lowest BCUT2D eigenvalue weighted by Gasteiger charge is -2.08. The van der Waals surface area contributed by atoms with Crippen LogP contribution in [-0.4, -0.2) is 30.6 Å². The molecular weight excluding hydrogens is 220 g/mol. The molecule has 0 atom stereocenters. The van der Waals surface area contributed by atoms with E-state index in [-0.39, 0.29) is 5.69 Å². The number of carbonyl (C=O) groups is 1. The van der Waals surface area contributed by atoms with Crippen molar-refractivity contribution in [2.24, 2.45) is 0 Å². The second-order valence-corrected chi connectivity index (χ2v) is 3.94. The predicted octanol–water partition coefficient (Wildman–Crippen LogP) is 1.09. The first kappa shape index (κ1) is 11.4. The molecule has 0 spiro atoms. The molecule has 0 aliphatic heterocycles. The monoisotopic (exact) mass is 234 g/mol. The largest absolute Gasteiger partial charge is 0.476 e. The van der Waals surface area contributed by atoms with Crippen LogP contribution in [0.3, 0.4) is 0 Å². The summed E-state index contributed by atoms with van der Waals surface area (Å²) in [7, 11) is 0. The Kier molecular flexibility index (Phi) is 2.95. The number of carboxylic acids is 1.